The van der Waals surface area contributed by atoms with Crippen LogP contribution < -0.4 is 11.1 Å². The minimum atomic E-state index is 0.550. The van der Waals surface area contributed by atoms with Crippen molar-refractivity contribution in [2.75, 3.05) is 13.1 Å². The van der Waals surface area contributed by atoms with E-state index in [1.165, 1.54) is 25.7 Å². The van der Waals surface area contributed by atoms with Gasteiger partial charge in [-0.1, -0.05) is 27.7 Å². The maximum absolute atomic E-state index is 5.82. The van der Waals surface area contributed by atoms with Gasteiger partial charge in [-0.3, -0.25) is 0 Å². The zero-order chi connectivity index (χ0) is 12.2. The fraction of sp³-hybridized carbons (Fsp3) is 1.00. The molecule has 1 saturated carbocycles. The van der Waals surface area contributed by atoms with Gasteiger partial charge in [0.1, 0.15) is 0 Å². The fourth-order valence-corrected chi connectivity index (χ4v) is 2.87. The third kappa shape index (κ3) is 4.84. The standard InChI is InChI=1S/C14H30N2/c1-11(2)7-12(9-15)10-16-13-5-6-14(3,4)8-13/h11-13,16H,5-10,15H2,1-4H3. The third-order valence-corrected chi connectivity index (χ3v) is 3.80. The Labute approximate surface area is 101 Å². The van der Waals surface area contributed by atoms with Gasteiger partial charge in [-0.05, 0) is 56.0 Å². The second kappa shape index (κ2) is 6.02. The fourth-order valence-electron chi connectivity index (χ4n) is 2.87. The van der Waals surface area contributed by atoms with E-state index in [1.807, 2.05) is 0 Å². The molecule has 1 aliphatic rings. The van der Waals surface area contributed by atoms with Crippen LogP contribution in [0, 0.1) is 17.3 Å². The Balaban J connectivity index is 2.23. The van der Waals surface area contributed by atoms with Crippen LogP contribution >= 0.6 is 0 Å². The molecule has 0 aromatic carbocycles. The second-order valence-electron chi connectivity index (χ2n) is 6.74. The summed E-state index contributed by atoms with van der Waals surface area (Å²) >= 11 is 0. The predicted molar refractivity (Wildman–Crippen MR) is 71.4 cm³/mol. The summed E-state index contributed by atoms with van der Waals surface area (Å²) < 4.78 is 0. The molecule has 0 heterocycles. The molecule has 2 atom stereocenters. The summed E-state index contributed by atoms with van der Waals surface area (Å²) in [5, 5.41) is 3.71. The van der Waals surface area contributed by atoms with E-state index in [4.69, 9.17) is 5.73 Å². The molecule has 1 aliphatic carbocycles. The van der Waals surface area contributed by atoms with Crippen molar-refractivity contribution < 1.29 is 0 Å². The number of hydrogen-bond donors (Lipinski definition) is 2. The zero-order valence-electron chi connectivity index (χ0n) is 11.6. The van der Waals surface area contributed by atoms with Crippen LogP contribution in [-0.2, 0) is 0 Å². The van der Waals surface area contributed by atoms with Crippen molar-refractivity contribution >= 4 is 0 Å². The average Bonchev–Trinajstić information content (AvgIpc) is 2.52. The lowest BCUT2D eigenvalue weighted by Crippen LogP contribution is -2.35. The first-order chi connectivity index (χ1) is 7.43. The van der Waals surface area contributed by atoms with Crippen molar-refractivity contribution in [3.8, 4) is 0 Å². The van der Waals surface area contributed by atoms with Crippen LogP contribution in [0.1, 0.15) is 53.4 Å². The Kier molecular flexibility index (Phi) is 5.26. The third-order valence-electron chi connectivity index (χ3n) is 3.80. The van der Waals surface area contributed by atoms with Gasteiger partial charge in [-0.15, -0.1) is 0 Å². The van der Waals surface area contributed by atoms with Crippen molar-refractivity contribution in [1.29, 1.82) is 0 Å². The summed E-state index contributed by atoms with van der Waals surface area (Å²) in [7, 11) is 0. The van der Waals surface area contributed by atoms with E-state index >= 15 is 0 Å². The maximum Gasteiger partial charge on any atom is 0.00724 e. The van der Waals surface area contributed by atoms with E-state index in [9.17, 15) is 0 Å². The van der Waals surface area contributed by atoms with E-state index < -0.39 is 0 Å². The highest BCUT2D eigenvalue weighted by molar-refractivity contribution is 4.86. The van der Waals surface area contributed by atoms with E-state index in [-0.39, 0.29) is 0 Å². The number of hydrogen-bond acceptors (Lipinski definition) is 2. The van der Waals surface area contributed by atoms with Crippen LogP contribution in [0.5, 0.6) is 0 Å². The van der Waals surface area contributed by atoms with Crippen molar-refractivity contribution in [3.05, 3.63) is 0 Å². The molecule has 0 bridgehead atoms. The smallest absolute Gasteiger partial charge is 0.00724 e. The molecule has 1 fully saturated rings. The predicted octanol–water partition coefficient (Wildman–Crippen LogP) is 2.78. The summed E-state index contributed by atoms with van der Waals surface area (Å²) in [6, 6.07) is 0.733. The summed E-state index contributed by atoms with van der Waals surface area (Å²) in [5.41, 5.74) is 6.37. The topological polar surface area (TPSA) is 38.0 Å². The van der Waals surface area contributed by atoms with Gasteiger partial charge in [-0.2, -0.15) is 0 Å². The van der Waals surface area contributed by atoms with Crippen molar-refractivity contribution in [1.82, 2.24) is 5.32 Å². The normalized spacial score (nSPS) is 26.2. The zero-order valence-corrected chi connectivity index (χ0v) is 11.6. The number of rotatable bonds is 6. The van der Waals surface area contributed by atoms with Gasteiger partial charge in [0.2, 0.25) is 0 Å². The van der Waals surface area contributed by atoms with E-state index in [0.29, 0.717) is 11.3 Å². The molecule has 16 heavy (non-hydrogen) atoms. The van der Waals surface area contributed by atoms with Crippen LogP contribution in [0.15, 0.2) is 0 Å². The van der Waals surface area contributed by atoms with Crippen molar-refractivity contribution in [2.24, 2.45) is 23.0 Å². The van der Waals surface area contributed by atoms with Crippen LogP contribution in [0.3, 0.4) is 0 Å². The molecule has 0 aromatic rings. The Bertz CT molecular complexity index is 197. The second-order valence-corrected chi connectivity index (χ2v) is 6.74. The molecule has 2 heteroatoms. The highest BCUT2D eigenvalue weighted by atomic mass is 14.9. The van der Waals surface area contributed by atoms with Crippen LogP contribution in [0.2, 0.25) is 0 Å². The minimum Gasteiger partial charge on any atom is -0.330 e. The molecule has 96 valence electrons. The highest BCUT2D eigenvalue weighted by Gasteiger charge is 2.30. The molecular weight excluding hydrogens is 196 g/mol. The van der Waals surface area contributed by atoms with Crippen LogP contribution in [0.4, 0.5) is 0 Å². The van der Waals surface area contributed by atoms with Gasteiger partial charge in [0.05, 0.1) is 0 Å². The van der Waals surface area contributed by atoms with Gasteiger partial charge < -0.3 is 11.1 Å². The van der Waals surface area contributed by atoms with Crippen molar-refractivity contribution in [2.45, 2.75) is 59.4 Å². The monoisotopic (exact) mass is 226 g/mol. The average molecular weight is 226 g/mol. The van der Waals surface area contributed by atoms with Gasteiger partial charge >= 0.3 is 0 Å². The van der Waals surface area contributed by atoms with Gasteiger partial charge in [0, 0.05) is 6.04 Å². The molecule has 0 spiro atoms. The first-order valence-electron chi connectivity index (χ1n) is 6.86. The molecular formula is C14H30N2. The molecule has 0 aliphatic heterocycles. The Morgan fingerprint density at radius 3 is 2.50 bits per heavy atom. The highest BCUT2D eigenvalue weighted by Crippen LogP contribution is 2.36. The summed E-state index contributed by atoms with van der Waals surface area (Å²) in [6.45, 7) is 11.2. The molecule has 2 nitrogen and oxygen atoms in total. The Morgan fingerprint density at radius 1 is 1.38 bits per heavy atom. The lowest BCUT2D eigenvalue weighted by atomic mass is 9.91. The Morgan fingerprint density at radius 2 is 2.06 bits per heavy atom. The molecule has 0 radical (unpaired) electrons. The van der Waals surface area contributed by atoms with Gasteiger partial charge in [0.25, 0.3) is 0 Å². The molecule has 3 N–H and O–H groups in total. The molecule has 0 saturated heterocycles. The first kappa shape index (κ1) is 14.0. The minimum absolute atomic E-state index is 0.550. The van der Waals surface area contributed by atoms with Crippen LogP contribution in [0.25, 0.3) is 0 Å². The lowest BCUT2D eigenvalue weighted by molar-refractivity contribution is 0.342. The van der Waals surface area contributed by atoms with Crippen LogP contribution in [-0.4, -0.2) is 19.1 Å². The van der Waals surface area contributed by atoms with Crippen molar-refractivity contribution in [3.63, 3.8) is 0 Å². The van der Waals surface area contributed by atoms with E-state index in [1.54, 1.807) is 0 Å². The molecule has 0 aromatic heterocycles. The summed E-state index contributed by atoms with van der Waals surface area (Å²) in [5.74, 6) is 1.42. The Hall–Kier alpha value is -0.0800. The number of nitrogens with one attached hydrogen (secondary N) is 1. The summed E-state index contributed by atoms with van der Waals surface area (Å²) in [6.07, 6.45) is 5.28. The van der Waals surface area contributed by atoms with E-state index in [2.05, 4.69) is 33.0 Å². The van der Waals surface area contributed by atoms with Gasteiger partial charge in [-0.25, -0.2) is 0 Å². The molecule has 0 amide bonds. The lowest BCUT2D eigenvalue weighted by Gasteiger charge is -2.22. The molecule has 2 unspecified atom stereocenters. The first-order valence-corrected chi connectivity index (χ1v) is 6.86. The van der Waals surface area contributed by atoms with Gasteiger partial charge in [0.15, 0.2) is 0 Å². The largest absolute Gasteiger partial charge is 0.330 e. The molecule has 1 rings (SSSR count). The summed E-state index contributed by atoms with van der Waals surface area (Å²) in [4.78, 5) is 0. The van der Waals surface area contributed by atoms with E-state index in [0.717, 1.165) is 25.0 Å². The quantitative estimate of drug-likeness (QED) is 0.731. The number of nitrogens with two attached hydrogens (primary N) is 1. The maximum atomic E-state index is 5.82. The SMILES string of the molecule is CC(C)CC(CN)CNC1CCC(C)(C)C1.